The van der Waals surface area contributed by atoms with Crippen LogP contribution in [0.3, 0.4) is 0 Å². The van der Waals surface area contributed by atoms with Crippen LogP contribution in [0.1, 0.15) is 39.0 Å². The maximum atomic E-state index is 12.6. The van der Waals surface area contributed by atoms with E-state index in [0.717, 1.165) is 50.8 Å². The third-order valence-electron chi connectivity index (χ3n) is 4.49. The summed E-state index contributed by atoms with van der Waals surface area (Å²) < 4.78 is 11.6. The van der Waals surface area contributed by atoms with Crippen molar-refractivity contribution in [2.24, 2.45) is 0 Å². The van der Waals surface area contributed by atoms with E-state index in [0.29, 0.717) is 6.61 Å². The zero-order valence-corrected chi connectivity index (χ0v) is 11.6. The van der Waals surface area contributed by atoms with Gasteiger partial charge < -0.3 is 14.4 Å². The molecule has 0 spiro atoms. The summed E-state index contributed by atoms with van der Waals surface area (Å²) in [7, 11) is 0. The van der Waals surface area contributed by atoms with Crippen LogP contribution in [-0.4, -0.2) is 48.8 Å². The topological polar surface area (TPSA) is 38.8 Å². The van der Waals surface area contributed by atoms with Crippen molar-refractivity contribution in [3.63, 3.8) is 0 Å². The van der Waals surface area contributed by atoms with Crippen molar-refractivity contribution < 1.29 is 14.3 Å². The lowest BCUT2D eigenvalue weighted by molar-refractivity contribution is -0.147. The van der Waals surface area contributed by atoms with E-state index in [1.54, 1.807) is 0 Å². The highest BCUT2D eigenvalue weighted by molar-refractivity contribution is 5.94. The fraction of sp³-hybridized carbons (Fsp3) is 0.800. The van der Waals surface area contributed by atoms with Gasteiger partial charge >= 0.3 is 0 Å². The first-order valence-corrected chi connectivity index (χ1v) is 7.54. The monoisotopic (exact) mass is 265 g/mol. The number of fused-ring (bicyclic) bond motifs is 1. The highest BCUT2D eigenvalue weighted by atomic mass is 16.5. The molecule has 0 aromatic rings. The van der Waals surface area contributed by atoms with Crippen LogP contribution in [-0.2, 0) is 14.3 Å². The molecular weight excluding hydrogens is 242 g/mol. The van der Waals surface area contributed by atoms with E-state index < -0.39 is 0 Å². The van der Waals surface area contributed by atoms with Crippen LogP contribution >= 0.6 is 0 Å². The third-order valence-corrected chi connectivity index (χ3v) is 4.49. The second kappa shape index (κ2) is 5.63. The third kappa shape index (κ3) is 2.43. The SMILES string of the molecule is CCO[C@@H]1CC[C@H]2[C@H]1OCCN2C(=O)C1=CCCC1. The number of rotatable bonds is 3. The van der Waals surface area contributed by atoms with E-state index in [1.807, 2.05) is 11.8 Å². The van der Waals surface area contributed by atoms with Crippen LogP contribution in [0.25, 0.3) is 0 Å². The summed E-state index contributed by atoms with van der Waals surface area (Å²) in [5, 5.41) is 0. The molecule has 3 aliphatic rings. The van der Waals surface area contributed by atoms with Gasteiger partial charge in [-0.2, -0.15) is 0 Å². The standard InChI is InChI=1S/C15H23NO3/c1-2-18-13-8-7-12-14(13)19-10-9-16(12)15(17)11-5-3-4-6-11/h5,12-14H,2-4,6-10H2,1H3/t12-,13+,14+/m0/s1. The van der Waals surface area contributed by atoms with Crippen molar-refractivity contribution in [3.05, 3.63) is 11.6 Å². The molecule has 1 saturated heterocycles. The molecule has 1 saturated carbocycles. The number of allylic oxidation sites excluding steroid dienone is 1. The summed E-state index contributed by atoms with van der Waals surface area (Å²) in [6, 6.07) is 0.222. The number of morpholine rings is 1. The molecule has 0 unspecified atom stereocenters. The minimum Gasteiger partial charge on any atom is -0.376 e. The summed E-state index contributed by atoms with van der Waals surface area (Å²) in [6.45, 7) is 4.11. The predicted molar refractivity (Wildman–Crippen MR) is 71.8 cm³/mol. The molecule has 1 aliphatic heterocycles. The molecule has 1 heterocycles. The molecule has 4 nitrogen and oxygen atoms in total. The summed E-state index contributed by atoms with van der Waals surface area (Å²) in [5.74, 6) is 0.243. The van der Waals surface area contributed by atoms with Gasteiger partial charge in [-0.05, 0) is 39.0 Å². The molecular formula is C15H23NO3. The van der Waals surface area contributed by atoms with Crippen molar-refractivity contribution in [2.45, 2.75) is 57.3 Å². The quantitative estimate of drug-likeness (QED) is 0.782. The zero-order valence-electron chi connectivity index (χ0n) is 11.6. The average molecular weight is 265 g/mol. The Bertz CT molecular complexity index is 380. The molecule has 0 radical (unpaired) electrons. The van der Waals surface area contributed by atoms with Crippen molar-refractivity contribution in [3.8, 4) is 0 Å². The van der Waals surface area contributed by atoms with Crippen LogP contribution in [0.4, 0.5) is 0 Å². The predicted octanol–water partition coefficient (Wildman–Crippen LogP) is 1.89. The zero-order chi connectivity index (χ0) is 13.2. The second-order valence-electron chi connectivity index (χ2n) is 5.59. The summed E-state index contributed by atoms with van der Waals surface area (Å²) in [4.78, 5) is 14.6. The summed E-state index contributed by atoms with van der Waals surface area (Å²) in [6.07, 6.45) is 7.51. The molecule has 0 bridgehead atoms. The maximum absolute atomic E-state index is 12.6. The molecule has 2 fully saturated rings. The van der Waals surface area contributed by atoms with Crippen LogP contribution in [0.2, 0.25) is 0 Å². The highest BCUT2D eigenvalue weighted by Gasteiger charge is 2.45. The van der Waals surface area contributed by atoms with Gasteiger partial charge in [0.1, 0.15) is 6.10 Å². The van der Waals surface area contributed by atoms with E-state index in [1.165, 1.54) is 0 Å². The number of hydrogen-bond acceptors (Lipinski definition) is 3. The van der Waals surface area contributed by atoms with Gasteiger partial charge in [0.2, 0.25) is 5.91 Å². The number of carbonyl (C=O) groups excluding carboxylic acids is 1. The number of amides is 1. The van der Waals surface area contributed by atoms with E-state index in [-0.39, 0.29) is 24.2 Å². The number of hydrogen-bond donors (Lipinski definition) is 0. The molecule has 3 atom stereocenters. The minimum absolute atomic E-state index is 0.0830. The highest BCUT2D eigenvalue weighted by Crippen LogP contribution is 2.33. The Morgan fingerprint density at radius 1 is 1.53 bits per heavy atom. The largest absolute Gasteiger partial charge is 0.376 e. The summed E-state index contributed by atoms with van der Waals surface area (Å²) in [5.41, 5.74) is 1.01. The normalized spacial score (nSPS) is 34.3. The fourth-order valence-electron chi connectivity index (χ4n) is 3.61. The van der Waals surface area contributed by atoms with E-state index in [4.69, 9.17) is 9.47 Å². The second-order valence-corrected chi connectivity index (χ2v) is 5.59. The molecule has 0 aromatic heterocycles. The Hall–Kier alpha value is -0.870. The van der Waals surface area contributed by atoms with Crippen LogP contribution < -0.4 is 0 Å². The lowest BCUT2D eigenvalue weighted by atomic mass is 10.1. The van der Waals surface area contributed by atoms with Gasteiger partial charge in [0.15, 0.2) is 0 Å². The van der Waals surface area contributed by atoms with Gasteiger partial charge in [0, 0.05) is 18.7 Å². The Labute approximate surface area is 114 Å². The van der Waals surface area contributed by atoms with E-state index >= 15 is 0 Å². The molecule has 19 heavy (non-hydrogen) atoms. The van der Waals surface area contributed by atoms with Gasteiger partial charge in [0.25, 0.3) is 0 Å². The van der Waals surface area contributed by atoms with E-state index in [9.17, 15) is 4.79 Å². The van der Waals surface area contributed by atoms with Crippen molar-refractivity contribution >= 4 is 5.91 Å². The number of ether oxygens (including phenoxy) is 2. The lowest BCUT2D eigenvalue weighted by Crippen LogP contribution is -2.54. The van der Waals surface area contributed by atoms with Gasteiger partial charge in [-0.3, -0.25) is 4.79 Å². The number of nitrogens with zero attached hydrogens (tertiary/aromatic N) is 1. The van der Waals surface area contributed by atoms with Crippen molar-refractivity contribution in [1.82, 2.24) is 4.90 Å². The van der Waals surface area contributed by atoms with Gasteiger partial charge in [-0.25, -0.2) is 0 Å². The first-order valence-electron chi connectivity index (χ1n) is 7.54. The molecule has 3 rings (SSSR count). The molecule has 4 heteroatoms. The number of carbonyl (C=O) groups is 1. The first-order chi connectivity index (χ1) is 9.31. The Kier molecular flexibility index (Phi) is 3.89. The Morgan fingerprint density at radius 3 is 3.16 bits per heavy atom. The van der Waals surface area contributed by atoms with Gasteiger partial charge in [-0.1, -0.05) is 6.08 Å². The molecule has 1 amide bonds. The van der Waals surface area contributed by atoms with Crippen LogP contribution in [0, 0.1) is 0 Å². The van der Waals surface area contributed by atoms with Crippen molar-refractivity contribution in [1.29, 1.82) is 0 Å². The minimum atomic E-state index is 0.0830. The molecule has 106 valence electrons. The Balaban J connectivity index is 1.71. The van der Waals surface area contributed by atoms with Crippen LogP contribution in [0.15, 0.2) is 11.6 Å². The van der Waals surface area contributed by atoms with Gasteiger partial charge in [-0.15, -0.1) is 0 Å². The maximum Gasteiger partial charge on any atom is 0.249 e. The van der Waals surface area contributed by atoms with Gasteiger partial charge in [0.05, 0.1) is 18.8 Å². The smallest absolute Gasteiger partial charge is 0.249 e. The molecule has 2 aliphatic carbocycles. The molecule has 0 N–H and O–H groups in total. The Morgan fingerprint density at radius 2 is 2.42 bits per heavy atom. The summed E-state index contributed by atoms with van der Waals surface area (Å²) >= 11 is 0. The van der Waals surface area contributed by atoms with Crippen molar-refractivity contribution in [2.75, 3.05) is 19.8 Å². The van der Waals surface area contributed by atoms with Crippen LogP contribution in [0.5, 0.6) is 0 Å². The average Bonchev–Trinajstić information content (AvgIpc) is 3.08. The molecule has 0 aromatic carbocycles. The first kappa shape index (κ1) is 13.1. The van der Waals surface area contributed by atoms with E-state index in [2.05, 4.69) is 6.08 Å². The fourth-order valence-corrected chi connectivity index (χ4v) is 3.61. The lowest BCUT2D eigenvalue weighted by Gasteiger charge is -2.39.